The smallest absolute Gasteiger partial charge is 0.271 e. The monoisotopic (exact) mass is 357 g/mol. The van der Waals surface area contributed by atoms with Gasteiger partial charge in [0, 0.05) is 23.6 Å². The minimum Gasteiger partial charge on any atom is -0.346 e. The predicted molar refractivity (Wildman–Crippen MR) is 89.6 cm³/mol. The van der Waals surface area contributed by atoms with E-state index in [-0.39, 0.29) is 23.8 Å². The van der Waals surface area contributed by atoms with Crippen molar-refractivity contribution in [2.75, 3.05) is 12.0 Å². The zero-order valence-corrected chi connectivity index (χ0v) is 14.1. The highest BCUT2D eigenvalue weighted by Gasteiger charge is 2.15. The van der Waals surface area contributed by atoms with Crippen molar-refractivity contribution in [1.82, 2.24) is 10.3 Å². The zero-order chi connectivity index (χ0) is 16.8. The molecule has 4 nitrogen and oxygen atoms in total. The van der Waals surface area contributed by atoms with Crippen LogP contribution in [0.1, 0.15) is 33.5 Å². The molecule has 0 bridgehead atoms. The highest BCUT2D eigenvalue weighted by Crippen LogP contribution is 2.20. The van der Waals surface area contributed by atoms with Crippen molar-refractivity contribution in [3.8, 4) is 0 Å². The summed E-state index contributed by atoms with van der Waals surface area (Å²) in [5.41, 5.74) is 6.48. The Balaban J connectivity index is 1.94. The van der Waals surface area contributed by atoms with Crippen LogP contribution in [0, 0.1) is 11.6 Å². The first-order valence-corrected chi connectivity index (χ1v) is 9.20. The van der Waals surface area contributed by atoms with Crippen molar-refractivity contribution in [2.24, 2.45) is 5.73 Å². The van der Waals surface area contributed by atoms with Gasteiger partial charge in [0.05, 0.1) is 6.04 Å². The van der Waals surface area contributed by atoms with Gasteiger partial charge in [-0.05, 0) is 24.5 Å². The SMILES string of the molecule is CSCCC(N)c1nc(C(=O)NCc2ccc(F)cc2F)cs1. The standard InChI is InChI=1S/C15H17F2N3OS2/c1-22-5-4-12(18)15-20-13(8-23-15)14(21)19-7-9-2-3-10(16)6-11(9)17/h2-3,6,8,12H,4-5,7,18H2,1H3,(H,19,21). The number of hydrogen-bond acceptors (Lipinski definition) is 5. The fourth-order valence-corrected chi connectivity index (χ4v) is 3.19. The molecular formula is C15H17F2N3OS2. The van der Waals surface area contributed by atoms with Gasteiger partial charge in [-0.1, -0.05) is 6.07 Å². The maximum absolute atomic E-state index is 13.5. The predicted octanol–water partition coefficient (Wildman–Crippen LogP) is 3.10. The van der Waals surface area contributed by atoms with Crippen LogP contribution in [0.2, 0.25) is 0 Å². The fraction of sp³-hybridized carbons (Fsp3) is 0.333. The highest BCUT2D eigenvalue weighted by atomic mass is 32.2. The molecule has 124 valence electrons. The largest absolute Gasteiger partial charge is 0.346 e. The molecule has 2 aromatic rings. The first-order valence-electron chi connectivity index (χ1n) is 6.93. The van der Waals surface area contributed by atoms with Crippen LogP contribution in [0.4, 0.5) is 8.78 Å². The summed E-state index contributed by atoms with van der Waals surface area (Å²) in [4.78, 5) is 16.3. The summed E-state index contributed by atoms with van der Waals surface area (Å²) in [6.45, 7) is -0.0314. The van der Waals surface area contributed by atoms with Gasteiger partial charge in [0.2, 0.25) is 0 Å². The molecular weight excluding hydrogens is 340 g/mol. The van der Waals surface area contributed by atoms with Gasteiger partial charge in [-0.15, -0.1) is 11.3 Å². The van der Waals surface area contributed by atoms with Crippen molar-refractivity contribution >= 4 is 29.0 Å². The van der Waals surface area contributed by atoms with Crippen LogP contribution in [0.25, 0.3) is 0 Å². The first-order chi connectivity index (χ1) is 11.0. The molecule has 1 amide bonds. The number of aromatic nitrogens is 1. The van der Waals surface area contributed by atoms with Crippen molar-refractivity contribution in [3.63, 3.8) is 0 Å². The van der Waals surface area contributed by atoms with Crippen molar-refractivity contribution in [2.45, 2.75) is 19.0 Å². The van der Waals surface area contributed by atoms with E-state index in [2.05, 4.69) is 10.3 Å². The normalized spacial score (nSPS) is 12.2. The number of benzene rings is 1. The third kappa shape index (κ3) is 4.98. The summed E-state index contributed by atoms with van der Waals surface area (Å²) >= 11 is 3.03. The van der Waals surface area contributed by atoms with E-state index >= 15 is 0 Å². The van der Waals surface area contributed by atoms with Gasteiger partial charge < -0.3 is 11.1 Å². The topological polar surface area (TPSA) is 68.0 Å². The number of nitrogens with two attached hydrogens (primary N) is 1. The van der Waals surface area contributed by atoms with Crippen molar-refractivity contribution in [1.29, 1.82) is 0 Å². The van der Waals surface area contributed by atoms with Crippen LogP contribution < -0.4 is 11.1 Å². The minimum atomic E-state index is -0.691. The van der Waals surface area contributed by atoms with E-state index in [1.807, 2.05) is 6.26 Å². The average molecular weight is 357 g/mol. The number of carbonyl (C=O) groups is 1. The number of nitrogens with zero attached hydrogens (tertiary/aromatic N) is 1. The molecule has 0 saturated heterocycles. The number of rotatable bonds is 7. The lowest BCUT2D eigenvalue weighted by Gasteiger charge is -2.07. The van der Waals surface area contributed by atoms with Gasteiger partial charge in [-0.2, -0.15) is 11.8 Å². The number of hydrogen-bond donors (Lipinski definition) is 2. The van der Waals surface area contributed by atoms with Gasteiger partial charge >= 0.3 is 0 Å². The van der Waals surface area contributed by atoms with E-state index in [4.69, 9.17) is 5.73 Å². The van der Waals surface area contributed by atoms with Crippen LogP contribution in [0.3, 0.4) is 0 Å². The Morgan fingerprint density at radius 3 is 2.96 bits per heavy atom. The van der Waals surface area contributed by atoms with Crippen molar-refractivity contribution < 1.29 is 13.6 Å². The Morgan fingerprint density at radius 2 is 2.26 bits per heavy atom. The molecule has 0 radical (unpaired) electrons. The summed E-state index contributed by atoms with van der Waals surface area (Å²) in [5.74, 6) is -0.829. The molecule has 1 heterocycles. The molecule has 0 aliphatic carbocycles. The maximum Gasteiger partial charge on any atom is 0.271 e. The number of amides is 1. The van der Waals surface area contributed by atoms with Gasteiger partial charge in [-0.25, -0.2) is 13.8 Å². The third-order valence-corrected chi connectivity index (χ3v) is 4.78. The molecule has 2 rings (SSSR count). The molecule has 0 aliphatic rings. The number of carbonyl (C=O) groups excluding carboxylic acids is 1. The van der Waals surface area contributed by atoms with E-state index in [1.165, 1.54) is 17.4 Å². The second-order valence-electron chi connectivity index (χ2n) is 4.88. The van der Waals surface area contributed by atoms with Crippen LogP contribution in [-0.2, 0) is 6.54 Å². The first kappa shape index (κ1) is 17.8. The minimum absolute atomic E-state index is 0.0314. The molecule has 0 aliphatic heterocycles. The highest BCUT2D eigenvalue weighted by molar-refractivity contribution is 7.98. The Morgan fingerprint density at radius 1 is 1.48 bits per heavy atom. The summed E-state index contributed by atoms with van der Waals surface area (Å²) in [5, 5.41) is 4.90. The van der Waals surface area contributed by atoms with Crippen LogP contribution >= 0.6 is 23.1 Å². The Kier molecular flexibility index (Phi) is 6.49. The second kappa shape index (κ2) is 8.37. The quantitative estimate of drug-likeness (QED) is 0.799. The molecule has 0 saturated carbocycles. The van der Waals surface area contributed by atoms with Gasteiger partial charge in [-0.3, -0.25) is 4.79 Å². The van der Waals surface area contributed by atoms with Gasteiger partial charge in [0.1, 0.15) is 22.3 Å². The van der Waals surface area contributed by atoms with Gasteiger partial charge in [0.25, 0.3) is 5.91 Å². The van der Waals surface area contributed by atoms with Crippen LogP contribution in [-0.4, -0.2) is 22.9 Å². The van der Waals surface area contributed by atoms with E-state index in [1.54, 1.807) is 17.1 Å². The summed E-state index contributed by atoms with van der Waals surface area (Å²) in [7, 11) is 0. The lowest BCUT2D eigenvalue weighted by atomic mass is 10.2. The van der Waals surface area contributed by atoms with E-state index in [9.17, 15) is 13.6 Å². The van der Waals surface area contributed by atoms with Gasteiger partial charge in [0.15, 0.2) is 0 Å². The lowest BCUT2D eigenvalue weighted by molar-refractivity contribution is 0.0946. The second-order valence-corrected chi connectivity index (χ2v) is 6.75. The van der Waals surface area contributed by atoms with Crippen LogP contribution in [0.15, 0.2) is 23.6 Å². The molecule has 3 N–H and O–H groups in total. The molecule has 23 heavy (non-hydrogen) atoms. The van der Waals surface area contributed by atoms with Crippen molar-refractivity contribution in [3.05, 3.63) is 51.5 Å². The summed E-state index contributed by atoms with van der Waals surface area (Å²) in [6.07, 6.45) is 2.79. The molecule has 1 aromatic carbocycles. The fourth-order valence-electron chi connectivity index (χ4n) is 1.86. The van der Waals surface area contributed by atoms with E-state index in [0.717, 1.165) is 24.3 Å². The average Bonchev–Trinajstić information content (AvgIpc) is 3.01. The molecule has 0 fully saturated rings. The lowest BCUT2D eigenvalue weighted by Crippen LogP contribution is -2.24. The Hall–Kier alpha value is -1.51. The van der Waals surface area contributed by atoms with E-state index in [0.29, 0.717) is 5.01 Å². The Labute approximate surface area is 141 Å². The van der Waals surface area contributed by atoms with Crippen LogP contribution in [0.5, 0.6) is 0 Å². The number of nitrogens with one attached hydrogen (secondary N) is 1. The summed E-state index contributed by atoms with van der Waals surface area (Å²) in [6, 6.07) is 3.04. The molecule has 1 aromatic heterocycles. The zero-order valence-electron chi connectivity index (χ0n) is 12.5. The molecule has 0 spiro atoms. The number of thiazole rings is 1. The number of halogens is 2. The maximum atomic E-state index is 13.5. The van der Waals surface area contributed by atoms with E-state index < -0.39 is 17.5 Å². The molecule has 1 unspecified atom stereocenters. The third-order valence-electron chi connectivity index (χ3n) is 3.16. The molecule has 1 atom stereocenters. The molecule has 8 heteroatoms. The summed E-state index contributed by atoms with van der Waals surface area (Å²) < 4.78 is 26.3. The Bertz CT molecular complexity index is 678. The number of thioether (sulfide) groups is 1.